The van der Waals surface area contributed by atoms with Gasteiger partial charge in [0.05, 0.1) is 44.5 Å². The molecule has 0 atom stereocenters. The average Bonchev–Trinajstić information content (AvgIpc) is 4.03. The van der Waals surface area contributed by atoms with Gasteiger partial charge in [-0.1, -0.05) is 115 Å². The molecule has 294 valence electrons. The first-order valence-corrected chi connectivity index (χ1v) is 21.6. The van der Waals surface area contributed by atoms with Gasteiger partial charge < -0.3 is 18.6 Å². The van der Waals surface area contributed by atoms with E-state index in [1.807, 2.05) is 0 Å². The molecule has 4 heteroatoms. The van der Waals surface area contributed by atoms with Crippen LogP contribution in [0.15, 0.2) is 182 Å². The summed E-state index contributed by atoms with van der Waals surface area (Å²) in [5, 5.41) is 10.1. The minimum absolute atomic E-state index is 1.14. The van der Waals surface area contributed by atoms with Gasteiger partial charge in [-0.25, -0.2) is 0 Å². The lowest BCUT2D eigenvalue weighted by Crippen LogP contribution is -2.12. The van der Waals surface area contributed by atoms with Gasteiger partial charge in [0.1, 0.15) is 0 Å². The summed E-state index contributed by atoms with van der Waals surface area (Å²) < 4.78 is 5.08. The van der Waals surface area contributed by atoms with Crippen molar-refractivity contribution in [3.05, 3.63) is 204 Å². The van der Waals surface area contributed by atoms with E-state index in [2.05, 4.69) is 228 Å². The molecule has 13 rings (SSSR count). The maximum Gasteiger partial charge on any atom is 0.0641 e. The summed E-state index contributed by atoms with van der Waals surface area (Å²) in [5.41, 5.74) is 19.4. The van der Waals surface area contributed by atoms with Crippen LogP contribution in [0.5, 0.6) is 0 Å². The van der Waals surface area contributed by atoms with Crippen LogP contribution in [0, 0.1) is 27.7 Å². The smallest absolute Gasteiger partial charge is 0.0641 e. The number of aryl methyl sites for hydroxylation is 4. The molecule has 0 radical (unpaired) electrons. The Morgan fingerprint density at radius 3 is 1.29 bits per heavy atom. The monoisotopic (exact) mass is 794 g/mol. The van der Waals surface area contributed by atoms with E-state index in [-0.39, 0.29) is 0 Å². The molecule has 0 saturated heterocycles. The van der Waals surface area contributed by atoms with E-state index in [4.69, 9.17) is 0 Å². The highest BCUT2D eigenvalue weighted by molar-refractivity contribution is 6.32. The van der Waals surface area contributed by atoms with E-state index >= 15 is 0 Å². The second-order valence-electron chi connectivity index (χ2n) is 17.2. The molecule has 0 spiro atoms. The van der Waals surface area contributed by atoms with Gasteiger partial charge in [0.2, 0.25) is 0 Å². The van der Waals surface area contributed by atoms with Crippen LogP contribution in [0.25, 0.3) is 76.2 Å². The molecule has 0 aliphatic carbocycles. The number of benzene rings is 9. The standard InChI is InChI=1S/C58H42N4/c1-35-24-28-47(38(4)31-35)59(39-15-7-5-8-16-39)50-29-26-41-45-33-54-46(34-53(45)61-48-21-13-11-19-43(48)55(50)57(41)61)42-27-30-51(56-44-20-12-14-22-49(44)62(54)58(42)56)60(40-17-9-6-10-18-40)52-32-36(2)23-25-37(52)3/h5-34H,1-4H3. The Kier molecular flexibility index (Phi) is 7.25. The third-order valence-corrected chi connectivity index (χ3v) is 13.5. The first-order chi connectivity index (χ1) is 30.4. The highest BCUT2D eigenvalue weighted by Crippen LogP contribution is 2.51. The number of hydrogen-bond acceptors (Lipinski definition) is 2. The number of para-hydroxylation sites is 4. The van der Waals surface area contributed by atoms with Crippen molar-refractivity contribution in [2.45, 2.75) is 27.7 Å². The topological polar surface area (TPSA) is 15.3 Å². The van der Waals surface area contributed by atoms with Crippen molar-refractivity contribution >= 4 is 110 Å². The first kappa shape index (κ1) is 35.0. The summed E-state index contributed by atoms with van der Waals surface area (Å²) in [5.74, 6) is 0. The minimum Gasteiger partial charge on any atom is -0.310 e. The Morgan fingerprint density at radius 1 is 0.306 bits per heavy atom. The fourth-order valence-electron chi connectivity index (χ4n) is 10.8. The predicted octanol–water partition coefficient (Wildman–Crippen LogP) is 16.2. The third kappa shape index (κ3) is 4.72. The van der Waals surface area contributed by atoms with E-state index < -0.39 is 0 Å². The molecular formula is C58H42N4. The molecule has 0 aliphatic rings. The minimum atomic E-state index is 1.14. The molecule has 0 amide bonds. The van der Waals surface area contributed by atoms with Crippen LogP contribution in [0.3, 0.4) is 0 Å². The van der Waals surface area contributed by atoms with Gasteiger partial charge in [-0.15, -0.1) is 0 Å². The van der Waals surface area contributed by atoms with Gasteiger partial charge in [0.25, 0.3) is 0 Å². The number of fused-ring (bicyclic) bond motifs is 12. The summed E-state index contributed by atoms with van der Waals surface area (Å²) in [6, 6.07) is 67.6. The van der Waals surface area contributed by atoms with Crippen molar-refractivity contribution in [3.8, 4) is 0 Å². The zero-order chi connectivity index (χ0) is 41.4. The van der Waals surface area contributed by atoms with Crippen molar-refractivity contribution in [2.75, 3.05) is 9.80 Å². The second-order valence-corrected chi connectivity index (χ2v) is 17.2. The zero-order valence-electron chi connectivity index (χ0n) is 35.1. The van der Waals surface area contributed by atoms with Crippen LogP contribution in [0.2, 0.25) is 0 Å². The summed E-state index contributed by atoms with van der Waals surface area (Å²) in [6.07, 6.45) is 0. The predicted molar refractivity (Wildman–Crippen MR) is 264 cm³/mol. The number of aromatic nitrogens is 2. The van der Waals surface area contributed by atoms with Gasteiger partial charge >= 0.3 is 0 Å². The van der Waals surface area contributed by atoms with Crippen LogP contribution >= 0.6 is 0 Å². The van der Waals surface area contributed by atoms with Crippen LogP contribution in [0.4, 0.5) is 34.1 Å². The Balaban J connectivity index is 1.13. The molecule has 13 aromatic rings. The molecule has 4 heterocycles. The molecule has 62 heavy (non-hydrogen) atoms. The molecule has 0 N–H and O–H groups in total. The van der Waals surface area contributed by atoms with Crippen molar-refractivity contribution in [1.29, 1.82) is 0 Å². The molecule has 4 aromatic heterocycles. The van der Waals surface area contributed by atoms with Crippen molar-refractivity contribution in [1.82, 2.24) is 8.80 Å². The summed E-state index contributed by atoms with van der Waals surface area (Å²) >= 11 is 0. The van der Waals surface area contributed by atoms with Crippen LogP contribution in [-0.2, 0) is 0 Å². The number of nitrogens with zero attached hydrogens (tertiary/aromatic N) is 4. The van der Waals surface area contributed by atoms with E-state index in [1.165, 1.54) is 121 Å². The fraction of sp³-hybridized carbons (Fsp3) is 0.0690. The summed E-state index contributed by atoms with van der Waals surface area (Å²) in [7, 11) is 0. The lowest BCUT2D eigenvalue weighted by atomic mass is 10.0. The third-order valence-electron chi connectivity index (χ3n) is 13.5. The maximum atomic E-state index is 2.54. The average molecular weight is 795 g/mol. The van der Waals surface area contributed by atoms with Gasteiger partial charge in [-0.3, -0.25) is 0 Å². The molecule has 0 saturated carbocycles. The molecule has 0 bridgehead atoms. The highest BCUT2D eigenvalue weighted by Gasteiger charge is 2.28. The summed E-state index contributed by atoms with van der Waals surface area (Å²) in [4.78, 5) is 4.93. The number of anilines is 6. The van der Waals surface area contributed by atoms with E-state index in [0.717, 1.165) is 11.4 Å². The van der Waals surface area contributed by atoms with Gasteiger partial charge in [0, 0.05) is 65.8 Å². The number of rotatable bonds is 6. The van der Waals surface area contributed by atoms with Crippen molar-refractivity contribution in [3.63, 3.8) is 0 Å². The molecule has 0 aliphatic heterocycles. The van der Waals surface area contributed by atoms with E-state index in [1.54, 1.807) is 0 Å². The van der Waals surface area contributed by atoms with Crippen LogP contribution in [0.1, 0.15) is 22.3 Å². The Hall–Kier alpha value is -7.82. The van der Waals surface area contributed by atoms with Crippen molar-refractivity contribution < 1.29 is 0 Å². The maximum absolute atomic E-state index is 2.54. The van der Waals surface area contributed by atoms with Crippen molar-refractivity contribution in [2.24, 2.45) is 0 Å². The molecule has 0 fully saturated rings. The lowest BCUT2D eigenvalue weighted by molar-refractivity contribution is 1.25. The van der Waals surface area contributed by atoms with Gasteiger partial charge in [-0.2, -0.15) is 0 Å². The Morgan fingerprint density at radius 2 is 0.758 bits per heavy atom. The molecular weight excluding hydrogens is 753 g/mol. The Bertz CT molecular complexity index is 3910. The van der Waals surface area contributed by atoms with Crippen LogP contribution < -0.4 is 9.80 Å². The second kappa shape index (κ2) is 12.8. The molecule has 4 nitrogen and oxygen atoms in total. The quantitative estimate of drug-likeness (QED) is 0.167. The van der Waals surface area contributed by atoms with E-state index in [9.17, 15) is 0 Å². The SMILES string of the molecule is Cc1ccc(N(c2ccccc2)c2ccc3c4cc5c(cc4n4c6ccccc6c2c34)c2ccc(N(c3ccccc3)c3cc(C)ccc3C)c3c4ccccc4n5c23)c(C)c1. The Labute approximate surface area is 359 Å². The van der Waals surface area contributed by atoms with Crippen LogP contribution in [-0.4, -0.2) is 8.80 Å². The normalized spacial score (nSPS) is 12.2. The lowest BCUT2D eigenvalue weighted by Gasteiger charge is -2.28. The summed E-state index contributed by atoms with van der Waals surface area (Å²) in [6.45, 7) is 8.81. The first-order valence-electron chi connectivity index (χ1n) is 21.6. The highest BCUT2D eigenvalue weighted by atomic mass is 15.2. The van der Waals surface area contributed by atoms with E-state index in [0.29, 0.717) is 0 Å². The zero-order valence-corrected chi connectivity index (χ0v) is 35.1. The van der Waals surface area contributed by atoms with Gasteiger partial charge in [-0.05, 0) is 117 Å². The molecule has 9 aromatic carbocycles. The number of hydrogen-bond donors (Lipinski definition) is 0. The van der Waals surface area contributed by atoms with Gasteiger partial charge in [0.15, 0.2) is 0 Å². The largest absolute Gasteiger partial charge is 0.310 e. The fourth-order valence-corrected chi connectivity index (χ4v) is 10.8. The molecule has 0 unspecified atom stereocenters.